The highest BCUT2D eigenvalue weighted by Crippen LogP contribution is 2.66. The Morgan fingerprint density at radius 3 is 1.63 bits per heavy atom. The molecule has 0 amide bonds. The van der Waals surface area contributed by atoms with Gasteiger partial charge in [0, 0.05) is 10.5 Å². The lowest BCUT2D eigenvalue weighted by Crippen LogP contribution is -2.03. The van der Waals surface area contributed by atoms with E-state index in [9.17, 15) is 0 Å². The van der Waals surface area contributed by atoms with E-state index in [4.69, 9.17) is 0 Å². The summed E-state index contributed by atoms with van der Waals surface area (Å²) >= 11 is 16.9. The van der Waals surface area contributed by atoms with E-state index < -0.39 is 0 Å². The molecule has 19 heavy (non-hydrogen) atoms. The fourth-order valence-electron chi connectivity index (χ4n) is 1.78. The predicted molar refractivity (Wildman–Crippen MR) is 118 cm³/mol. The first-order valence-electron chi connectivity index (χ1n) is 5.61. The molecule has 0 aliphatic carbocycles. The highest BCUT2D eigenvalue weighted by atomic mass is 127. The molecule has 0 aromatic rings. The maximum atomic E-state index is 2.45. The maximum absolute atomic E-state index is 2.45. The topological polar surface area (TPSA) is 0 Å². The van der Waals surface area contributed by atoms with Crippen LogP contribution in [0.3, 0.4) is 0 Å². The van der Waals surface area contributed by atoms with Gasteiger partial charge in [0.15, 0.2) is 0 Å². The summed E-state index contributed by atoms with van der Waals surface area (Å²) in [4.78, 5) is 0. The Morgan fingerprint density at radius 1 is 0.737 bits per heavy atom. The average molecular weight is 588 g/mol. The van der Waals surface area contributed by atoms with E-state index in [0.29, 0.717) is 0 Å². The molecule has 0 N–H and O–H groups in total. The van der Waals surface area contributed by atoms with Gasteiger partial charge in [-0.15, -0.1) is 23.5 Å². The minimum absolute atomic E-state index is 0.745. The van der Waals surface area contributed by atoms with Crippen LogP contribution in [0.15, 0.2) is 22.8 Å². The molecule has 0 spiro atoms. The molecule has 3 rings (SSSR count). The first-order valence-corrected chi connectivity index (χ1v) is 12.8. The Morgan fingerprint density at radius 2 is 1.16 bits per heavy atom. The zero-order chi connectivity index (χ0) is 13.6. The van der Waals surface area contributed by atoms with Crippen molar-refractivity contribution in [1.29, 1.82) is 0 Å². The SMILES string of the molecule is C[C@@H]1C[C@@H](C)SC2=C(SC(=C3SC(I)=C(I)S3)S2)S1. The fourth-order valence-corrected chi connectivity index (χ4v) is 13.6. The number of thioether (sulfide) groups is 6. The summed E-state index contributed by atoms with van der Waals surface area (Å²) in [5.74, 6) is 0. The molecule has 8 heteroatoms. The molecule has 0 aromatic carbocycles. The number of hydrogen-bond donors (Lipinski definition) is 0. The van der Waals surface area contributed by atoms with Crippen LogP contribution in [0.25, 0.3) is 0 Å². The zero-order valence-corrected chi connectivity index (χ0v) is 19.3. The van der Waals surface area contributed by atoms with E-state index in [2.05, 4.69) is 82.6 Å². The van der Waals surface area contributed by atoms with Gasteiger partial charge >= 0.3 is 0 Å². The quantitative estimate of drug-likeness (QED) is 0.263. The van der Waals surface area contributed by atoms with Gasteiger partial charge in [-0.25, -0.2) is 0 Å². The van der Waals surface area contributed by atoms with Crippen LogP contribution in [-0.4, -0.2) is 10.5 Å². The third-order valence-electron chi connectivity index (χ3n) is 2.50. The minimum atomic E-state index is 0.745. The van der Waals surface area contributed by atoms with Gasteiger partial charge in [0.2, 0.25) is 0 Å². The average Bonchev–Trinajstić information content (AvgIpc) is 2.81. The van der Waals surface area contributed by atoms with Crippen LogP contribution < -0.4 is 0 Å². The first-order chi connectivity index (χ1) is 9.02. The Hall–Kier alpha value is 2.78. The smallest absolute Gasteiger partial charge is 0.0717 e. The molecule has 3 aliphatic rings. The van der Waals surface area contributed by atoms with Crippen molar-refractivity contribution in [3.8, 4) is 0 Å². The Bertz CT molecular complexity index is 469. The largest absolute Gasteiger partial charge is 0.114 e. The van der Waals surface area contributed by atoms with E-state index >= 15 is 0 Å². The maximum Gasteiger partial charge on any atom is 0.0717 e. The monoisotopic (exact) mass is 588 g/mol. The number of halogens is 2. The van der Waals surface area contributed by atoms with Crippen LogP contribution in [0.4, 0.5) is 0 Å². The summed E-state index contributed by atoms with van der Waals surface area (Å²) in [6.45, 7) is 4.72. The van der Waals surface area contributed by atoms with E-state index in [1.54, 1.807) is 8.47 Å². The van der Waals surface area contributed by atoms with Crippen molar-refractivity contribution in [3.63, 3.8) is 0 Å². The van der Waals surface area contributed by atoms with Gasteiger partial charge in [-0.2, -0.15) is 0 Å². The first kappa shape index (κ1) is 16.6. The second-order valence-corrected chi connectivity index (χ2v) is 15.8. The van der Waals surface area contributed by atoms with Crippen molar-refractivity contribution in [2.45, 2.75) is 30.8 Å². The summed E-state index contributed by atoms with van der Waals surface area (Å²) in [7, 11) is 0. The molecule has 0 radical (unpaired) electrons. The van der Waals surface area contributed by atoms with Crippen molar-refractivity contribution >= 4 is 116 Å². The normalized spacial score (nSPS) is 32.2. The molecule has 0 saturated heterocycles. The lowest BCUT2D eigenvalue weighted by Gasteiger charge is -2.12. The van der Waals surface area contributed by atoms with E-state index in [-0.39, 0.29) is 0 Å². The van der Waals surface area contributed by atoms with Gasteiger partial charge in [-0.3, -0.25) is 0 Å². The van der Waals surface area contributed by atoms with Crippen molar-refractivity contribution in [1.82, 2.24) is 0 Å². The molecule has 2 atom stereocenters. The second kappa shape index (κ2) is 7.12. The predicted octanol–water partition coefficient (Wildman–Crippen LogP) is 7.84. The highest BCUT2D eigenvalue weighted by molar-refractivity contribution is 14.1. The van der Waals surface area contributed by atoms with Crippen LogP contribution in [0.5, 0.6) is 0 Å². The van der Waals surface area contributed by atoms with E-state index in [0.717, 1.165) is 10.5 Å². The van der Waals surface area contributed by atoms with Gasteiger partial charge < -0.3 is 0 Å². The highest BCUT2D eigenvalue weighted by Gasteiger charge is 2.32. The third-order valence-corrected chi connectivity index (χ3v) is 15.0. The molecule has 0 fully saturated rings. The standard InChI is InChI=1S/C11H10I2S6/c1-4-3-5(2)15-9-8(14-4)18-11(19-9)10-16-6(12)7(13)17-10/h4-5H,3H2,1-2H3/t4-,5-/m1/s1. The van der Waals surface area contributed by atoms with Gasteiger partial charge in [0.25, 0.3) is 0 Å². The van der Waals surface area contributed by atoms with Gasteiger partial charge in [0.05, 0.1) is 22.8 Å². The molecule has 0 nitrogen and oxygen atoms in total. The van der Waals surface area contributed by atoms with Crippen molar-refractivity contribution in [2.24, 2.45) is 0 Å². The van der Waals surface area contributed by atoms with E-state index in [1.165, 1.54) is 20.7 Å². The number of rotatable bonds is 0. The molecular weight excluding hydrogens is 578 g/mol. The summed E-state index contributed by atoms with van der Waals surface area (Å²) in [5, 5.41) is 1.49. The van der Waals surface area contributed by atoms with Crippen LogP contribution in [0.1, 0.15) is 20.3 Å². The summed E-state index contributed by atoms with van der Waals surface area (Å²) in [6, 6.07) is 0. The molecule has 0 bridgehead atoms. The van der Waals surface area contributed by atoms with Crippen molar-refractivity contribution < 1.29 is 0 Å². The Balaban J connectivity index is 1.78. The molecule has 3 heterocycles. The van der Waals surface area contributed by atoms with Crippen LogP contribution in [0, 0.1) is 0 Å². The summed E-state index contributed by atoms with van der Waals surface area (Å²) < 4.78 is 8.94. The fraction of sp³-hybridized carbons (Fsp3) is 0.455. The minimum Gasteiger partial charge on any atom is -0.114 e. The van der Waals surface area contributed by atoms with Crippen LogP contribution in [0.2, 0.25) is 0 Å². The molecule has 0 saturated carbocycles. The molecule has 0 unspecified atom stereocenters. The van der Waals surface area contributed by atoms with Gasteiger partial charge in [-0.05, 0) is 51.6 Å². The summed E-state index contributed by atoms with van der Waals surface area (Å²) in [5.41, 5.74) is 0. The molecular formula is C11H10I2S6. The Kier molecular flexibility index (Phi) is 6.24. The molecule has 104 valence electrons. The summed E-state index contributed by atoms with van der Waals surface area (Å²) in [6.07, 6.45) is 1.32. The number of hydrogen-bond acceptors (Lipinski definition) is 6. The lowest BCUT2D eigenvalue weighted by atomic mass is 10.3. The third kappa shape index (κ3) is 4.00. The van der Waals surface area contributed by atoms with Crippen molar-refractivity contribution in [2.75, 3.05) is 0 Å². The molecule has 0 aromatic heterocycles. The zero-order valence-electron chi connectivity index (χ0n) is 10.1. The second-order valence-electron chi connectivity index (χ2n) is 4.20. The van der Waals surface area contributed by atoms with E-state index in [1.807, 2.05) is 47.0 Å². The van der Waals surface area contributed by atoms with Gasteiger partial charge in [-0.1, -0.05) is 60.9 Å². The van der Waals surface area contributed by atoms with Crippen LogP contribution >= 0.6 is 116 Å². The van der Waals surface area contributed by atoms with Crippen molar-refractivity contribution in [3.05, 3.63) is 22.8 Å². The van der Waals surface area contributed by atoms with Crippen LogP contribution in [-0.2, 0) is 0 Å². The van der Waals surface area contributed by atoms with Gasteiger partial charge in [0.1, 0.15) is 0 Å². The lowest BCUT2D eigenvalue weighted by molar-refractivity contribution is 0.808. The Labute approximate surface area is 167 Å². The molecule has 3 aliphatic heterocycles.